The second-order valence-corrected chi connectivity index (χ2v) is 5.74. The molecular formula is C8H18S2. The monoisotopic (exact) mass is 178 g/mol. The second-order valence-electron chi connectivity index (χ2n) is 2.67. The van der Waals surface area contributed by atoms with E-state index in [0.29, 0.717) is 0 Å². The topological polar surface area (TPSA) is 0 Å². The van der Waals surface area contributed by atoms with Crippen molar-refractivity contribution in [2.24, 2.45) is 0 Å². The summed E-state index contributed by atoms with van der Waals surface area (Å²) >= 11 is 0. The molecule has 0 amide bonds. The maximum Gasteiger partial charge on any atom is 0.00944 e. The lowest BCUT2D eigenvalue weighted by Gasteiger charge is -2.02. The highest BCUT2D eigenvalue weighted by Crippen LogP contribution is 2.26. The minimum Gasteiger partial charge on any atom is -0.0939 e. The fraction of sp³-hybridized carbons (Fsp3) is 1.00. The predicted molar refractivity (Wildman–Crippen MR) is 54.7 cm³/mol. The zero-order valence-electron chi connectivity index (χ0n) is 7.22. The molecule has 0 aliphatic heterocycles. The molecule has 0 nitrogen and oxygen atoms in total. The van der Waals surface area contributed by atoms with Crippen molar-refractivity contribution >= 4 is 21.6 Å². The first-order valence-corrected chi connectivity index (χ1v) is 6.43. The van der Waals surface area contributed by atoms with Gasteiger partial charge in [-0.05, 0) is 6.42 Å². The van der Waals surface area contributed by atoms with Crippen LogP contribution in [0.5, 0.6) is 0 Å². The largest absolute Gasteiger partial charge is 0.0939 e. The molecule has 0 bridgehead atoms. The van der Waals surface area contributed by atoms with Crippen LogP contribution in [0.1, 0.15) is 40.0 Å². The first kappa shape index (κ1) is 10.7. The average Bonchev–Trinajstić information content (AvgIpc) is 1.87. The molecule has 0 atom stereocenters. The van der Waals surface area contributed by atoms with Gasteiger partial charge in [0.25, 0.3) is 0 Å². The van der Waals surface area contributed by atoms with Crippen molar-refractivity contribution in [1.82, 2.24) is 0 Å². The summed E-state index contributed by atoms with van der Waals surface area (Å²) in [5, 5.41) is 0.784. The van der Waals surface area contributed by atoms with Crippen LogP contribution < -0.4 is 0 Å². The first-order chi connectivity index (χ1) is 4.77. The SMILES string of the molecule is CCCCCSSC(C)C. The van der Waals surface area contributed by atoms with Gasteiger partial charge in [0.1, 0.15) is 0 Å². The van der Waals surface area contributed by atoms with Crippen molar-refractivity contribution in [3.63, 3.8) is 0 Å². The van der Waals surface area contributed by atoms with Crippen molar-refractivity contribution in [2.75, 3.05) is 5.75 Å². The highest BCUT2D eigenvalue weighted by Gasteiger charge is 1.93. The third-order valence-corrected chi connectivity index (χ3v) is 4.13. The van der Waals surface area contributed by atoms with E-state index in [2.05, 4.69) is 20.8 Å². The molecule has 0 aliphatic rings. The Hall–Kier alpha value is 0.700. The third-order valence-electron chi connectivity index (χ3n) is 1.09. The van der Waals surface area contributed by atoms with Crippen molar-refractivity contribution in [3.05, 3.63) is 0 Å². The molecule has 0 aromatic rings. The van der Waals surface area contributed by atoms with Gasteiger partial charge in [-0.3, -0.25) is 0 Å². The Labute approximate surface area is 72.9 Å². The summed E-state index contributed by atoms with van der Waals surface area (Å²) in [6, 6.07) is 0. The van der Waals surface area contributed by atoms with E-state index in [1.807, 2.05) is 21.6 Å². The standard InChI is InChI=1S/C8H18S2/c1-4-5-6-7-9-10-8(2)3/h8H,4-7H2,1-3H3. The van der Waals surface area contributed by atoms with E-state index in [1.54, 1.807) is 0 Å². The molecule has 0 rings (SSSR count). The Kier molecular flexibility index (Phi) is 8.35. The lowest BCUT2D eigenvalue weighted by molar-refractivity contribution is 0.779. The van der Waals surface area contributed by atoms with Crippen LogP contribution >= 0.6 is 21.6 Å². The molecule has 0 unspecified atom stereocenters. The van der Waals surface area contributed by atoms with Gasteiger partial charge in [-0.2, -0.15) is 0 Å². The molecule has 0 spiro atoms. The van der Waals surface area contributed by atoms with Crippen molar-refractivity contribution in [2.45, 2.75) is 45.3 Å². The highest BCUT2D eigenvalue weighted by atomic mass is 33.1. The Morgan fingerprint density at radius 3 is 2.40 bits per heavy atom. The molecule has 0 aliphatic carbocycles. The van der Waals surface area contributed by atoms with Gasteiger partial charge in [0, 0.05) is 11.0 Å². The van der Waals surface area contributed by atoms with Crippen LogP contribution in [0.4, 0.5) is 0 Å². The lowest BCUT2D eigenvalue weighted by atomic mass is 10.3. The summed E-state index contributed by atoms with van der Waals surface area (Å²) in [4.78, 5) is 0. The zero-order valence-corrected chi connectivity index (χ0v) is 8.86. The van der Waals surface area contributed by atoms with E-state index in [4.69, 9.17) is 0 Å². The zero-order chi connectivity index (χ0) is 7.82. The second kappa shape index (κ2) is 7.80. The number of hydrogen-bond acceptors (Lipinski definition) is 2. The minimum atomic E-state index is 0.784. The summed E-state index contributed by atoms with van der Waals surface area (Å²) in [5.41, 5.74) is 0. The average molecular weight is 178 g/mol. The van der Waals surface area contributed by atoms with Gasteiger partial charge in [-0.25, -0.2) is 0 Å². The van der Waals surface area contributed by atoms with Crippen molar-refractivity contribution in [3.8, 4) is 0 Å². The third kappa shape index (κ3) is 8.70. The van der Waals surface area contributed by atoms with Crippen molar-refractivity contribution < 1.29 is 0 Å². The molecule has 62 valence electrons. The molecule has 0 aromatic heterocycles. The molecule has 0 heterocycles. The fourth-order valence-electron chi connectivity index (χ4n) is 0.595. The van der Waals surface area contributed by atoms with Crippen LogP contribution in [0.2, 0.25) is 0 Å². The van der Waals surface area contributed by atoms with Crippen LogP contribution in [0.25, 0.3) is 0 Å². The number of hydrogen-bond donors (Lipinski definition) is 0. The normalized spacial score (nSPS) is 10.8. The molecule has 0 aromatic carbocycles. The maximum absolute atomic E-state index is 2.25. The van der Waals surface area contributed by atoms with Crippen LogP contribution in [-0.4, -0.2) is 11.0 Å². The van der Waals surface area contributed by atoms with E-state index >= 15 is 0 Å². The van der Waals surface area contributed by atoms with E-state index in [0.717, 1.165) is 5.25 Å². The molecule has 0 saturated heterocycles. The summed E-state index contributed by atoms with van der Waals surface area (Å²) < 4.78 is 0. The molecule has 2 heteroatoms. The Balaban J connectivity index is 2.77. The van der Waals surface area contributed by atoms with E-state index in [-0.39, 0.29) is 0 Å². The van der Waals surface area contributed by atoms with Crippen LogP contribution in [-0.2, 0) is 0 Å². The molecule has 0 N–H and O–H groups in total. The Morgan fingerprint density at radius 1 is 1.20 bits per heavy atom. The maximum atomic E-state index is 2.25. The van der Waals surface area contributed by atoms with Crippen LogP contribution in [0, 0.1) is 0 Å². The molecular weight excluding hydrogens is 160 g/mol. The quantitative estimate of drug-likeness (QED) is 0.446. The summed E-state index contributed by atoms with van der Waals surface area (Å²) in [6.07, 6.45) is 4.12. The smallest absolute Gasteiger partial charge is 0.00944 e. The number of rotatable bonds is 6. The van der Waals surface area contributed by atoms with Gasteiger partial charge in [-0.1, -0.05) is 55.2 Å². The van der Waals surface area contributed by atoms with Gasteiger partial charge < -0.3 is 0 Å². The van der Waals surface area contributed by atoms with Gasteiger partial charge in [0.15, 0.2) is 0 Å². The lowest BCUT2D eigenvalue weighted by Crippen LogP contribution is -1.83. The van der Waals surface area contributed by atoms with E-state index < -0.39 is 0 Å². The van der Waals surface area contributed by atoms with E-state index in [1.165, 1.54) is 25.0 Å². The van der Waals surface area contributed by atoms with Crippen LogP contribution in [0.3, 0.4) is 0 Å². The predicted octanol–water partition coefficient (Wildman–Crippen LogP) is 3.97. The fourth-order valence-corrected chi connectivity index (χ4v) is 2.74. The minimum absolute atomic E-state index is 0.784. The molecule has 10 heavy (non-hydrogen) atoms. The van der Waals surface area contributed by atoms with E-state index in [9.17, 15) is 0 Å². The van der Waals surface area contributed by atoms with Gasteiger partial charge in [0.05, 0.1) is 0 Å². The summed E-state index contributed by atoms with van der Waals surface area (Å²) in [5.74, 6) is 1.33. The molecule has 0 radical (unpaired) electrons. The van der Waals surface area contributed by atoms with Gasteiger partial charge >= 0.3 is 0 Å². The van der Waals surface area contributed by atoms with Crippen LogP contribution in [0.15, 0.2) is 0 Å². The first-order valence-electron chi connectivity index (χ1n) is 4.05. The molecule has 0 saturated carbocycles. The summed E-state index contributed by atoms with van der Waals surface area (Å²) in [6.45, 7) is 6.75. The summed E-state index contributed by atoms with van der Waals surface area (Å²) in [7, 11) is 4.02. The number of unbranched alkanes of at least 4 members (excludes halogenated alkanes) is 2. The van der Waals surface area contributed by atoms with Gasteiger partial charge in [-0.15, -0.1) is 0 Å². The molecule has 0 fully saturated rings. The highest BCUT2D eigenvalue weighted by molar-refractivity contribution is 8.76. The van der Waals surface area contributed by atoms with Gasteiger partial charge in [0.2, 0.25) is 0 Å². The van der Waals surface area contributed by atoms with Crippen molar-refractivity contribution in [1.29, 1.82) is 0 Å². The Morgan fingerprint density at radius 2 is 1.90 bits per heavy atom. The Bertz CT molecular complexity index is 62.3.